The van der Waals surface area contributed by atoms with Gasteiger partial charge in [0.1, 0.15) is 0 Å². The number of benzene rings is 2. The standard InChI is InChI=1S/C27H38N4O2/c1-3-4-15-28-26(32)25-11-9-23(10-12-25)19-30-27(33)29-18-22-5-7-24(8-6-22)20-31-16-13-21(2)14-17-31/h5-12,21H,3-4,13-20H2,1-2H3,(H,28,32)(H2,29,30,33). The van der Waals surface area contributed by atoms with Crippen LogP contribution < -0.4 is 16.0 Å². The molecule has 2 aromatic rings. The third-order valence-corrected chi connectivity index (χ3v) is 6.24. The molecule has 3 rings (SSSR count). The van der Waals surface area contributed by atoms with E-state index < -0.39 is 0 Å². The van der Waals surface area contributed by atoms with E-state index in [9.17, 15) is 9.59 Å². The van der Waals surface area contributed by atoms with Gasteiger partial charge in [0, 0.05) is 31.7 Å². The molecule has 3 N–H and O–H groups in total. The van der Waals surface area contributed by atoms with E-state index in [1.807, 2.05) is 12.1 Å². The molecule has 0 bridgehead atoms. The van der Waals surface area contributed by atoms with Gasteiger partial charge in [0.2, 0.25) is 0 Å². The lowest BCUT2D eigenvalue weighted by atomic mass is 9.99. The third kappa shape index (κ3) is 8.54. The molecule has 0 aliphatic carbocycles. The minimum absolute atomic E-state index is 0.0581. The summed E-state index contributed by atoms with van der Waals surface area (Å²) >= 11 is 0. The van der Waals surface area contributed by atoms with Crippen LogP contribution in [0.3, 0.4) is 0 Å². The fraction of sp³-hybridized carbons (Fsp3) is 0.481. The second-order valence-electron chi connectivity index (χ2n) is 9.12. The highest BCUT2D eigenvalue weighted by Gasteiger charge is 2.15. The van der Waals surface area contributed by atoms with E-state index in [1.54, 1.807) is 12.1 Å². The van der Waals surface area contributed by atoms with Crippen LogP contribution in [0.15, 0.2) is 48.5 Å². The Kier molecular flexibility index (Phi) is 9.76. The molecule has 0 atom stereocenters. The molecule has 1 aliphatic heterocycles. The zero-order chi connectivity index (χ0) is 23.5. The van der Waals surface area contributed by atoms with Gasteiger partial charge in [-0.1, -0.05) is 56.7 Å². The molecule has 1 aliphatic rings. The number of likely N-dealkylation sites (tertiary alicyclic amines) is 1. The van der Waals surface area contributed by atoms with E-state index in [-0.39, 0.29) is 11.9 Å². The van der Waals surface area contributed by atoms with E-state index >= 15 is 0 Å². The summed E-state index contributed by atoms with van der Waals surface area (Å²) in [5.41, 5.74) is 3.99. The predicted molar refractivity (Wildman–Crippen MR) is 133 cm³/mol. The minimum Gasteiger partial charge on any atom is -0.352 e. The minimum atomic E-state index is -0.206. The van der Waals surface area contributed by atoms with E-state index in [0.717, 1.165) is 36.4 Å². The fourth-order valence-corrected chi connectivity index (χ4v) is 3.92. The van der Waals surface area contributed by atoms with Crippen LogP contribution in [0.5, 0.6) is 0 Å². The molecular formula is C27H38N4O2. The summed E-state index contributed by atoms with van der Waals surface area (Å²) in [5.74, 6) is 0.791. The van der Waals surface area contributed by atoms with Gasteiger partial charge in [-0.15, -0.1) is 0 Å². The lowest BCUT2D eigenvalue weighted by Gasteiger charge is -2.30. The zero-order valence-corrected chi connectivity index (χ0v) is 20.0. The number of hydrogen-bond acceptors (Lipinski definition) is 3. The molecule has 0 aromatic heterocycles. The van der Waals surface area contributed by atoms with Crippen molar-refractivity contribution >= 4 is 11.9 Å². The first-order valence-electron chi connectivity index (χ1n) is 12.2. The average Bonchev–Trinajstić information content (AvgIpc) is 2.84. The molecule has 2 aromatic carbocycles. The highest BCUT2D eigenvalue weighted by molar-refractivity contribution is 5.94. The van der Waals surface area contributed by atoms with Gasteiger partial charge in [0.15, 0.2) is 0 Å². The van der Waals surface area contributed by atoms with Crippen molar-refractivity contribution < 1.29 is 9.59 Å². The Morgan fingerprint density at radius 3 is 1.97 bits per heavy atom. The first-order valence-corrected chi connectivity index (χ1v) is 12.2. The molecular weight excluding hydrogens is 412 g/mol. The SMILES string of the molecule is CCCCNC(=O)c1ccc(CNC(=O)NCc2ccc(CN3CCC(C)CC3)cc2)cc1. The number of carbonyl (C=O) groups excluding carboxylic acids is 2. The topological polar surface area (TPSA) is 73.5 Å². The van der Waals surface area contributed by atoms with Gasteiger partial charge in [-0.05, 0) is 67.1 Å². The number of nitrogens with zero attached hydrogens (tertiary/aromatic N) is 1. The molecule has 0 unspecified atom stereocenters. The number of hydrogen-bond donors (Lipinski definition) is 3. The lowest BCUT2D eigenvalue weighted by molar-refractivity contribution is 0.0953. The van der Waals surface area contributed by atoms with E-state index in [1.165, 1.54) is 31.5 Å². The number of carbonyl (C=O) groups is 2. The Bertz CT molecular complexity index is 872. The van der Waals surface area contributed by atoms with Gasteiger partial charge in [-0.3, -0.25) is 9.69 Å². The van der Waals surface area contributed by atoms with Gasteiger partial charge in [0.25, 0.3) is 5.91 Å². The molecule has 1 heterocycles. The summed E-state index contributed by atoms with van der Waals surface area (Å²) in [6.45, 7) is 9.39. The molecule has 33 heavy (non-hydrogen) atoms. The number of rotatable bonds is 10. The van der Waals surface area contributed by atoms with Crippen LogP contribution >= 0.6 is 0 Å². The molecule has 6 nitrogen and oxygen atoms in total. The van der Waals surface area contributed by atoms with Crippen molar-refractivity contribution in [3.05, 3.63) is 70.8 Å². The molecule has 1 saturated heterocycles. The van der Waals surface area contributed by atoms with Gasteiger partial charge in [0.05, 0.1) is 0 Å². The largest absolute Gasteiger partial charge is 0.352 e. The monoisotopic (exact) mass is 450 g/mol. The maximum absolute atomic E-state index is 12.2. The van der Waals surface area contributed by atoms with Crippen molar-refractivity contribution in [1.29, 1.82) is 0 Å². The molecule has 0 spiro atoms. The van der Waals surface area contributed by atoms with E-state index in [2.05, 4.69) is 59.0 Å². The first kappa shape index (κ1) is 24.8. The second-order valence-corrected chi connectivity index (χ2v) is 9.12. The Morgan fingerprint density at radius 2 is 1.39 bits per heavy atom. The van der Waals surface area contributed by atoms with Crippen molar-refractivity contribution in [2.75, 3.05) is 19.6 Å². The fourth-order valence-electron chi connectivity index (χ4n) is 3.92. The predicted octanol–water partition coefficient (Wildman–Crippen LogP) is 4.45. The van der Waals surface area contributed by atoms with Gasteiger partial charge < -0.3 is 16.0 Å². The molecule has 6 heteroatoms. The average molecular weight is 451 g/mol. The van der Waals surface area contributed by atoms with Crippen molar-refractivity contribution in [1.82, 2.24) is 20.9 Å². The quantitative estimate of drug-likeness (QED) is 0.468. The smallest absolute Gasteiger partial charge is 0.315 e. The van der Waals surface area contributed by atoms with Crippen LogP contribution in [-0.2, 0) is 19.6 Å². The summed E-state index contributed by atoms with van der Waals surface area (Å²) in [6, 6.07) is 15.6. The van der Waals surface area contributed by atoms with Crippen molar-refractivity contribution in [2.45, 2.75) is 59.2 Å². The van der Waals surface area contributed by atoms with Crippen LogP contribution in [0.25, 0.3) is 0 Å². The molecule has 0 saturated carbocycles. The van der Waals surface area contributed by atoms with Gasteiger partial charge >= 0.3 is 6.03 Å². The summed E-state index contributed by atoms with van der Waals surface area (Å²) in [7, 11) is 0. The highest BCUT2D eigenvalue weighted by atomic mass is 16.2. The van der Waals surface area contributed by atoms with E-state index in [4.69, 9.17) is 0 Å². The third-order valence-electron chi connectivity index (χ3n) is 6.24. The number of unbranched alkanes of at least 4 members (excludes halogenated alkanes) is 1. The highest BCUT2D eigenvalue weighted by Crippen LogP contribution is 2.18. The maximum Gasteiger partial charge on any atom is 0.315 e. The second kappa shape index (κ2) is 13.0. The molecule has 3 amide bonds. The normalized spacial score (nSPS) is 14.6. The van der Waals surface area contributed by atoms with Crippen LogP contribution in [0.2, 0.25) is 0 Å². The van der Waals surface area contributed by atoms with Crippen LogP contribution in [0, 0.1) is 5.92 Å². The number of piperidine rings is 1. The van der Waals surface area contributed by atoms with Gasteiger partial charge in [-0.2, -0.15) is 0 Å². The van der Waals surface area contributed by atoms with Crippen molar-refractivity contribution in [3.63, 3.8) is 0 Å². The lowest BCUT2D eigenvalue weighted by Crippen LogP contribution is -2.34. The van der Waals surface area contributed by atoms with E-state index in [0.29, 0.717) is 25.2 Å². The summed E-state index contributed by atoms with van der Waals surface area (Å²) in [6.07, 6.45) is 4.60. The van der Waals surface area contributed by atoms with Crippen molar-refractivity contribution in [3.8, 4) is 0 Å². The Labute approximate surface area is 198 Å². The van der Waals surface area contributed by atoms with Crippen LogP contribution in [0.4, 0.5) is 4.79 Å². The zero-order valence-electron chi connectivity index (χ0n) is 20.0. The van der Waals surface area contributed by atoms with Crippen molar-refractivity contribution in [2.24, 2.45) is 5.92 Å². The Balaban J connectivity index is 1.35. The van der Waals surface area contributed by atoms with Crippen LogP contribution in [0.1, 0.15) is 66.6 Å². The maximum atomic E-state index is 12.2. The molecule has 1 fully saturated rings. The number of urea groups is 1. The summed E-state index contributed by atoms with van der Waals surface area (Å²) in [4.78, 5) is 26.8. The summed E-state index contributed by atoms with van der Waals surface area (Å²) < 4.78 is 0. The Hall–Kier alpha value is -2.86. The number of nitrogens with one attached hydrogen (secondary N) is 3. The number of amides is 3. The molecule has 0 radical (unpaired) electrons. The van der Waals surface area contributed by atoms with Gasteiger partial charge in [-0.25, -0.2) is 4.79 Å². The summed E-state index contributed by atoms with van der Waals surface area (Å²) in [5, 5.41) is 8.69. The van der Waals surface area contributed by atoms with Crippen LogP contribution in [-0.4, -0.2) is 36.5 Å². The molecule has 178 valence electrons. The Morgan fingerprint density at radius 1 is 0.848 bits per heavy atom. The first-order chi connectivity index (χ1) is 16.0.